The van der Waals surface area contributed by atoms with E-state index in [9.17, 15) is 14.4 Å². The summed E-state index contributed by atoms with van der Waals surface area (Å²) in [6.45, 7) is 11.3. The van der Waals surface area contributed by atoms with Crippen molar-refractivity contribution < 1.29 is 28.6 Å². The molecule has 57 heavy (non-hydrogen) atoms. The third kappa shape index (κ3) is 45.3. The molecular weight excluding hydrogens is 709 g/mol. The summed E-state index contributed by atoms with van der Waals surface area (Å²) < 4.78 is 16.8. The molecular formula is C51H98O6. The van der Waals surface area contributed by atoms with E-state index in [-0.39, 0.29) is 31.1 Å². The summed E-state index contributed by atoms with van der Waals surface area (Å²) in [4.78, 5) is 37.8. The van der Waals surface area contributed by atoms with Gasteiger partial charge in [0.25, 0.3) is 0 Å². The number of hydrogen-bond acceptors (Lipinski definition) is 6. The van der Waals surface area contributed by atoms with Crippen LogP contribution in [0.3, 0.4) is 0 Å². The van der Waals surface area contributed by atoms with Crippen molar-refractivity contribution in [3.05, 3.63) is 0 Å². The van der Waals surface area contributed by atoms with Gasteiger partial charge in [-0.3, -0.25) is 14.4 Å². The van der Waals surface area contributed by atoms with Crippen LogP contribution in [0.4, 0.5) is 0 Å². The molecule has 0 rings (SSSR count). The van der Waals surface area contributed by atoms with E-state index < -0.39 is 6.10 Å². The van der Waals surface area contributed by atoms with Gasteiger partial charge in [0, 0.05) is 19.3 Å². The molecule has 0 N–H and O–H groups in total. The summed E-state index contributed by atoms with van der Waals surface area (Å²) in [6.07, 6.45) is 43.8. The fourth-order valence-corrected chi connectivity index (χ4v) is 7.64. The predicted octanol–water partition coefficient (Wildman–Crippen LogP) is 16.1. The molecule has 0 fully saturated rings. The predicted molar refractivity (Wildman–Crippen MR) is 243 cm³/mol. The Hall–Kier alpha value is -1.59. The number of hydrogen-bond donors (Lipinski definition) is 0. The van der Waals surface area contributed by atoms with Crippen LogP contribution < -0.4 is 0 Å². The van der Waals surface area contributed by atoms with Gasteiger partial charge in [-0.15, -0.1) is 0 Å². The van der Waals surface area contributed by atoms with Gasteiger partial charge in [-0.1, -0.05) is 240 Å². The minimum Gasteiger partial charge on any atom is -0.462 e. The van der Waals surface area contributed by atoms with Gasteiger partial charge in [0.15, 0.2) is 6.10 Å². The van der Waals surface area contributed by atoms with Crippen LogP contribution in [0.2, 0.25) is 0 Å². The second-order valence-corrected chi connectivity index (χ2v) is 18.4. The van der Waals surface area contributed by atoms with Crippen molar-refractivity contribution in [2.75, 3.05) is 13.2 Å². The van der Waals surface area contributed by atoms with E-state index in [1.54, 1.807) is 0 Å². The van der Waals surface area contributed by atoms with E-state index in [0.29, 0.717) is 19.3 Å². The molecule has 338 valence electrons. The first kappa shape index (κ1) is 55.4. The molecule has 0 spiro atoms. The lowest BCUT2D eigenvalue weighted by molar-refractivity contribution is -0.167. The molecule has 6 heteroatoms. The minimum absolute atomic E-state index is 0.0643. The molecule has 0 bridgehead atoms. The maximum atomic E-state index is 12.8. The lowest BCUT2D eigenvalue weighted by atomic mass is 10.0. The number of unbranched alkanes of at least 4 members (excludes halogenated alkanes) is 30. The lowest BCUT2D eigenvalue weighted by Crippen LogP contribution is -2.30. The summed E-state index contributed by atoms with van der Waals surface area (Å²) in [5.74, 6) is 0.769. The summed E-state index contributed by atoms with van der Waals surface area (Å²) in [5, 5.41) is 0. The fraction of sp³-hybridized carbons (Fsp3) is 0.941. The van der Waals surface area contributed by atoms with Crippen molar-refractivity contribution in [2.24, 2.45) is 11.8 Å². The monoisotopic (exact) mass is 807 g/mol. The summed E-state index contributed by atoms with van der Waals surface area (Å²) in [5.41, 5.74) is 0. The number of carbonyl (C=O) groups excluding carboxylic acids is 3. The maximum Gasteiger partial charge on any atom is 0.306 e. The molecule has 6 nitrogen and oxygen atoms in total. The summed E-state index contributed by atoms with van der Waals surface area (Å²) in [7, 11) is 0. The zero-order valence-electron chi connectivity index (χ0n) is 39.0. The van der Waals surface area contributed by atoms with Crippen LogP contribution in [-0.4, -0.2) is 37.2 Å². The van der Waals surface area contributed by atoms with Crippen LogP contribution in [0, 0.1) is 11.8 Å². The van der Waals surface area contributed by atoms with Crippen molar-refractivity contribution in [2.45, 2.75) is 285 Å². The van der Waals surface area contributed by atoms with Crippen LogP contribution in [0.25, 0.3) is 0 Å². The van der Waals surface area contributed by atoms with Crippen LogP contribution in [-0.2, 0) is 28.6 Å². The average Bonchev–Trinajstić information content (AvgIpc) is 3.18. The van der Waals surface area contributed by atoms with Crippen molar-refractivity contribution in [1.29, 1.82) is 0 Å². The first-order chi connectivity index (χ1) is 27.7. The van der Waals surface area contributed by atoms with Crippen LogP contribution in [0.15, 0.2) is 0 Å². The maximum absolute atomic E-state index is 12.8. The molecule has 0 aliphatic rings. The summed E-state index contributed by atoms with van der Waals surface area (Å²) >= 11 is 0. The van der Waals surface area contributed by atoms with Gasteiger partial charge in [-0.05, 0) is 31.1 Å². The lowest BCUT2D eigenvalue weighted by Gasteiger charge is -2.18. The van der Waals surface area contributed by atoms with E-state index in [0.717, 1.165) is 69.6 Å². The SMILES string of the molecule is CCCCCCCCCCCCCCCC(=O)O[C@H](COC(=O)CCCCCCCCCCCCCCCC(C)C)COC(=O)CCCCCCCCCC(C)C. The Bertz CT molecular complexity index is 870. The fourth-order valence-electron chi connectivity index (χ4n) is 7.64. The zero-order valence-corrected chi connectivity index (χ0v) is 39.0. The van der Waals surface area contributed by atoms with Gasteiger partial charge in [-0.2, -0.15) is 0 Å². The molecule has 0 aromatic carbocycles. The second kappa shape index (κ2) is 44.0. The second-order valence-electron chi connectivity index (χ2n) is 18.4. The Kier molecular flexibility index (Phi) is 42.7. The molecule has 0 heterocycles. The average molecular weight is 807 g/mol. The first-order valence-corrected chi connectivity index (χ1v) is 25.2. The van der Waals surface area contributed by atoms with Crippen molar-refractivity contribution in [1.82, 2.24) is 0 Å². The third-order valence-electron chi connectivity index (χ3n) is 11.5. The number of carbonyl (C=O) groups is 3. The third-order valence-corrected chi connectivity index (χ3v) is 11.5. The van der Waals surface area contributed by atoms with Crippen LogP contribution in [0.1, 0.15) is 279 Å². The molecule has 0 unspecified atom stereocenters. The van der Waals surface area contributed by atoms with Crippen LogP contribution >= 0.6 is 0 Å². The van der Waals surface area contributed by atoms with Gasteiger partial charge in [0.05, 0.1) is 0 Å². The summed E-state index contributed by atoms with van der Waals surface area (Å²) in [6, 6.07) is 0. The van der Waals surface area contributed by atoms with Crippen molar-refractivity contribution in [3.63, 3.8) is 0 Å². The highest BCUT2D eigenvalue weighted by atomic mass is 16.6. The van der Waals surface area contributed by atoms with Gasteiger partial charge < -0.3 is 14.2 Å². The van der Waals surface area contributed by atoms with Gasteiger partial charge >= 0.3 is 17.9 Å². The molecule has 0 aliphatic heterocycles. The molecule has 0 saturated carbocycles. The van der Waals surface area contributed by atoms with E-state index in [2.05, 4.69) is 34.6 Å². The first-order valence-electron chi connectivity index (χ1n) is 25.2. The zero-order chi connectivity index (χ0) is 41.9. The van der Waals surface area contributed by atoms with E-state index in [1.807, 2.05) is 0 Å². The van der Waals surface area contributed by atoms with Crippen LogP contribution in [0.5, 0.6) is 0 Å². The number of esters is 3. The standard InChI is InChI=1S/C51H98O6/c1-6-7-8-9-10-11-12-14-19-22-27-33-38-43-51(54)57-48(45-56-50(53)42-37-32-28-23-25-30-35-40-47(4)5)44-55-49(52)41-36-31-26-21-18-16-13-15-17-20-24-29-34-39-46(2)3/h46-48H,6-45H2,1-5H3/t48-/m1/s1. The molecule has 0 aromatic rings. The van der Waals surface area contributed by atoms with Gasteiger partial charge in [0.2, 0.25) is 0 Å². The Morgan fingerprint density at radius 3 is 0.860 bits per heavy atom. The topological polar surface area (TPSA) is 78.9 Å². The molecule has 0 amide bonds. The molecule has 0 aliphatic carbocycles. The Morgan fingerprint density at radius 1 is 0.333 bits per heavy atom. The van der Waals surface area contributed by atoms with E-state index in [4.69, 9.17) is 14.2 Å². The minimum atomic E-state index is -0.761. The molecule has 0 radical (unpaired) electrons. The molecule has 1 atom stereocenters. The highest BCUT2D eigenvalue weighted by Gasteiger charge is 2.19. The largest absolute Gasteiger partial charge is 0.462 e. The van der Waals surface area contributed by atoms with Gasteiger partial charge in [0.1, 0.15) is 13.2 Å². The Balaban J connectivity index is 4.29. The molecule has 0 saturated heterocycles. The highest BCUT2D eigenvalue weighted by Crippen LogP contribution is 2.17. The molecule has 0 aromatic heterocycles. The number of ether oxygens (including phenoxy) is 3. The Morgan fingerprint density at radius 2 is 0.579 bits per heavy atom. The smallest absolute Gasteiger partial charge is 0.306 e. The van der Waals surface area contributed by atoms with Gasteiger partial charge in [-0.25, -0.2) is 0 Å². The normalized spacial score (nSPS) is 12.1. The highest BCUT2D eigenvalue weighted by molar-refractivity contribution is 5.71. The van der Waals surface area contributed by atoms with E-state index in [1.165, 1.54) is 167 Å². The number of rotatable bonds is 45. The van der Waals surface area contributed by atoms with Crippen molar-refractivity contribution >= 4 is 17.9 Å². The quantitative estimate of drug-likeness (QED) is 0.0346. The van der Waals surface area contributed by atoms with E-state index >= 15 is 0 Å². The van der Waals surface area contributed by atoms with Crippen molar-refractivity contribution in [3.8, 4) is 0 Å². The Labute approximate surface area is 355 Å².